The molecule has 1 aromatic carbocycles. The van der Waals surface area contributed by atoms with Gasteiger partial charge in [-0.3, -0.25) is 0 Å². The predicted molar refractivity (Wildman–Crippen MR) is 76.1 cm³/mol. The van der Waals surface area contributed by atoms with E-state index < -0.39 is 0 Å². The van der Waals surface area contributed by atoms with Gasteiger partial charge in [0.1, 0.15) is 0 Å². The highest BCUT2D eigenvalue weighted by atomic mass is 35.5. The first-order valence-electron chi connectivity index (χ1n) is 6.84. The van der Waals surface area contributed by atoms with Gasteiger partial charge in [-0.15, -0.1) is 0 Å². The van der Waals surface area contributed by atoms with Crippen LogP contribution in [0.25, 0.3) is 0 Å². The Balaban J connectivity index is 1.97. The Bertz CT molecular complexity index is 362. The van der Waals surface area contributed by atoms with Gasteiger partial charge in [-0.25, -0.2) is 0 Å². The van der Waals surface area contributed by atoms with Crippen LogP contribution in [-0.4, -0.2) is 13.1 Å². The molecule has 2 rings (SSSR count). The number of aryl methyl sites for hydroxylation is 1. The van der Waals surface area contributed by atoms with Gasteiger partial charge in [0.2, 0.25) is 0 Å². The normalized spacial score (nSPS) is 14.8. The molecule has 0 radical (unpaired) electrons. The van der Waals surface area contributed by atoms with E-state index in [1.807, 2.05) is 6.07 Å². The number of anilines is 1. The number of nitrogens with zero attached hydrogens (tertiary/aromatic N) is 1. The fourth-order valence-electron chi connectivity index (χ4n) is 2.61. The highest BCUT2D eigenvalue weighted by molar-refractivity contribution is 6.30. The summed E-state index contributed by atoms with van der Waals surface area (Å²) in [5.41, 5.74) is 2.84. The number of hydrogen-bond donors (Lipinski definition) is 0. The maximum absolute atomic E-state index is 6.05. The quantitative estimate of drug-likeness (QED) is 0.688. The second kappa shape index (κ2) is 6.30. The van der Waals surface area contributed by atoms with E-state index in [4.69, 9.17) is 11.6 Å². The van der Waals surface area contributed by atoms with Crippen LogP contribution >= 0.6 is 11.6 Å². The lowest BCUT2D eigenvalue weighted by atomic mass is 10.0. The van der Waals surface area contributed by atoms with Crippen molar-refractivity contribution in [2.24, 2.45) is 0 Å². The molecule has 17 heavy (non-hydrogen) atoms. The third kappa shape index (κ3) is 3.38. The fourth-order valence-corrected chi connectivity index (χ4v) is 2.80. The molecule has 0 fully saturated rings. The zero-order valence-electron chi connectivity index (χ0n) is 10.7. The lowest BCUT2D eigenvalue weighted by Crippen LogP contribution is -2.30. The van der Waals surface area contributed by atoms with E-state index in [-0.39, 0.29) is 0 Å². The summed E-state index contributed by atoms with van der Waals surface area (Å²) in [6, 6.07) is 6.34. The Morgan fingerprint density at radius 1 is 1.24 bits per heavy atom. The molecule has 1 aliphatic rings. The fraction of sp³-hybridized carbons (Fsp3) is 0.600. The summed E-state index contributed by atoms with van der Waals surface area (Å²) in [5, 5.41) is 0.872. The molecule has 0 bridgehead atoms. The summed E-state index contributed by atoms with van der Waals surface area (Å²) < 4.78 is 0. The van der Waals surface area contributed by atoms with Gasteiger partial charge >= 0.3 is 0 Å². The number of benzene rings is 1. The Labute approximate surface area is 110 Å². The molecule has 0 unspecified atom stereocenters. The van der Waals surface area contributed by atoms with E-state index in [9.17, 15) is 0 Å². The van der Waals surface area contributed by atoms with E-state index in [2.05, 4.69) is 24.0 Å². The minimum absolute atomic E-state index is 0.872. The molecule has 0 atom stereocenters. The topological polar surface area (TPSA) is 3.24 Å². The number of rotatable bonds is 5. The van der Waals surface area contributed by atoms with Gasteiger partial charge in [0.15, 0.2) is 0 Å². The van der Waals surface area contributed by atoms with Crippen molar-refractivity contribution in [1.82, 2.24) is 0 Å². The number of unbranched alkanes of at least 4 members (excludes halogenated alkanes) is 3. The SMILES string of the molecule is CCCCCCN1CCCc2cc(Cl)ccc21. The highest BCUT2D eigenvalue weighted by Crippen LogP contribution is 2.29. The molecular formula is C15H22ClN. The summed E-state index contributed by atoms with van der Waals surface area (Å²) in [6.07, 6.45) is 7.79. The van der Waals surface area contributed by atoms with Crippen LogP contribution in [0.4, 0.5) is 5.69 Å². The van der Waals surface area contributed by atoms with Crippen LogP contribution in [0.3, 0.4) is 0 Å². The highest BCUT2D eigenvalue weighted by Gasteiger charge is 2.16. The van der Waals surface area contributed by atoms with Crippen molar-refractivity contribution in [2.45, 2.75) is 45.4 Å². The molecule has 1 nitrogen and oxygen atoms in total. The summed E-state index contributed by atoms with van der Waals surface area (Å²) in [5.74, 6) is 0. The number of hydrogen-bond acceptors (Lipinski definition) is 1. The van der Waals surface area contributed by atoms with Crippen LogP contribution in [0.15, 0.2) is 18.2 Å². The van der Waals surface area contributed by atoms with Gasteiger partial charge in [-0.1, -0.05) is 37.8 Å². The van der Waals surface area contributed by atoms with Crippen LogP contribution < -0.4 is 4.90 Å². The smallest absolute Gasteiger partial charge is 0.0410 e. The Kier molecular flexibility index (Phi) is 4.73. The molecular weight excluding hydrogens is 230 g/mol. The van der Waals surface area contributed by atoms with Gasteiger partial charge in [0, 0.05) is 23.8 Å². The largest absolute Gasteiger partial charge is 0.371 e. The zero-order chi connectivity index (χ0) is 12.1. The van der Waals surface area contributed by atoms with Gasteiger partial charge in [-0.2, -0.15) is 0 Å². The van der Waals surface area contributed by atoms with Crippen LogP contribution in [0.2, 0.25) is 5.02 Å². The molecule has 0 N–H and O–H groups in total. The van der Waals surface area contributed by atoms with Crippen molar-refractivity contribution in [1.29, 1.82) is 0 Å². The van der Waals surface area contributed by atoms with Crippen LogP contribution in [0.1, 0.15) is 44.6 Å². The molecule has 1 heterocycles. The maximum Gasteiger partial charge on any atom is 0.0410 e. The first-order chi connectivity index (χ1) is 8.31. The summed E-state index contributed by atoms with van der Waals surface area (Å²) >= 11 is 6.05. The van der Waals surface area contributed by atoms with E-state index >= 15 is 0 Å². The minimum Gasteiger partial charge on any atom is -0.371 e. The van der Waals surface area contributed by atoms with Gasteiger partial charge in [-0.05, 0) is 43.0 Å². The number of fused-ring (bicyclic) bond motifs is 1. The lowest BCUT2D eigenvalue weighted by Gasteiger charge is -2.31. The Morgan fingerprint density at radius 2 is 2.12 bits per heavy atom. The number of halogens is 1. The molecule has 1 aromatic rings. The first kappa shape index (κ1) is 12.8. The van der Waals surface area contributed by atoms with Gasteiger partial charge < -0.3 is 4.90 Å². The van der Waals surface area contributed by atoms with E-state index in [0.717, 1.165) is 5.02 Å². The molecule has 0 aromatic heterocycles. The van der Waals surface area contributed by atoms with Crippen LogP contribution in [-0.2, 0) is 6.42 Å². The third-order valence-electron chi connectivity index (χ3n) is 3.54. The van der Waals surface area contributed by atoms with Crippen LogP contribution in [0, 0.1) is 0 Å². The summed E-state index contributed by atoms with van der Waals surface area (Å²) in [7, 11) is 0. The lowest BCUT2D eigenvalue weighted by molar-refractivity contribution is 0.619. The molecule has 0 spiro atoms. The molecule has 0 aliphatic carbocycles. The van der Waals surface area contributed by atoms with Crippen molar-refractivity contribution in [3.8, 4) is 0 Å². The molecule has 0 saturated carbocycles. The average Bonchev–Trinajstić information content (AvgIpc) is 2.34. The molecule has 2 heteroatoms. The van der Waals surface area contributed by atoms with E-state index in [1.165, 1.54) is 62.9 Å². The molecule has 0 saturated heterocycles. The van der Waals surface area contributed by atoms with Crippen molar-refractivity contribution in [3.63, 3.8) is 0 Å². The maximum atomic E-state index is 6.05. The Morgan fingerprint density at radius 3 is 2.94 bits per heavy atom. The van der Waals surface area contributed by atoms with E-state index in [1.54, 1.807) is 0 Å². The van der Waals surface area contributed by atoms with Crippen molar-refractivity contribution < 1.29 is 0 Å². The van der Waals surface area contributed by atoms with Crippen LogP contribution in [0.5, 0.6) is 0 Å². The van der Waals surface area contributed by atoms with Gasteiger partial charge in [0.05, 0.1) is 0 Å². The van der Waals surface area contributed by atoms with Crippen molar-refractivity contribution in [2.75, 3.05) is 18.0 Å². The van der Waals surface area contributed by atoms with Crippen molar-refractivity contribution >= 4 is 17.3 Å². The van der Waals surface area contributed by atoms with E-state index in [0.29, 0.717) is 0 Å². The van der Waals surface area contributed by atoms with Gasteiger partial charge in [0.25, 0.3) is 0 Å². The summed E-state index contributed by atoms with van der Waals surface area (Å²) in [6.45, 7) is 4.67. The standard InChI is InChI=1S/C15H22ClN/c1-2-3-4-5-10-17-11-6-7-13-12-14(16)8-9-15(13)17/h8-9,12H,2-7,10-11H2,1H3. The Hall–Kier alpha value is -0.690. The molecule has 0 amide bonds. The van der Waals surface area contributed by atoms with Crippen molar-refractivity contribution in [3.05, 3.63) is 28.8 Å². The monoisotopic (exact) mass is 251 g/mol. The molecule has 1 aliphatic heterocycles. The second-order valence-electron chi connectivity index (χ2n) is 4.92. The predicted octanol–water partition coefficient (Wildman–Crippen LogP) is 4.67. The first-order valence-corrected chi connectivity index (χ1v) is 7.22. The minimum atomic E-state index is 0.872. The zero-order valence-corrected chi connectivity index (χ0v) is 11.5. The molecule has 94 valence electrons. The second-order valence-corrected chi connectivity index (χ2v) is 5.36. The summed E-state index contributed by atoms with van der Waals surface area (Å²) in [4.78, 5) is 2.53. The third-order valence-corrected chi connectivity index (χ3v) is 3.77. The average molecular weight is 252 g/mol.